The van der Waals surface area contributed by atoms with Crippen molar-refractivity contribution < 1.29 is 14.6 Å². The van der Waals surface area contributed by atoms with Gasteiger partial charge in [-0.1, -0.05) is 25.7 Å². The van der Waals surface area contributed by atoms with Crippen LogP contribution in [0, 0.1) is 17.8 Å². The maximum atomic E-state index is 8.81. The van der Waals surface area contributed by atoms with Gasteiger partial charge in [0.2, 0.25) is 0 Å². The van der Waals surface area contributed by atoms with E-state index >= 15 is 0 Å². The quantitative estimate of drug-likeness (QED) is 0.812. The molecule has 0 aliphatic heterocycles. The first-order valence-corrected chi connectivity index (χ1v) is 6.95. The minimum absolute atomic E-state index is 0.143. The Morgan fingerprint density at radius 3 is 2.60 bits per heavy atom. The first-order chi connectivity index (χ1) is 9.56. The van der Waals surface area contributed by atoms with Crippen LogP contribution in [0.1, 0.15) is 38.3 Å². The van der Waals surface area contributed by atoms with Gasteiger partial charge in [0.15, 0.2) is 0 Å². The van der Waals surface area contributed by atoms with Gasteiger partial charge in [-0.15, -0.1) is 0 Å². The maximum Gasteiger partial charge on any atom is 0.119 e. The molecule has 1 unspecified atom stereocenters. The van der Waals surface area contributed by atoms with Crippen molar-refractivity contribution in [3.8, 4) is 17.6 Å². The Hall–Kier alpha value is -1.50. The van der Waals surface area contributed by atoms with Gasteiger partial charge in [0.1, 0.15) is 12.4 Å². The van der Waals surface area contributed by atoms with Crippen molar-refractivity contribution in [1.82, 2.24) is 0 Å². The van der Waals surface area contributed by atoms with Crippen molar-refractivity contribution in [2.75, 3.05) is 13.7 Å². The van der Waals surface area contributed by atoms with E-state index in [0.29, 0.717) is 12.5 Å². The van der Waals surface area contributed by atoms with E-state index in [0.717, 1.165) is 23.3 Å². The number of ether oxygens (including phenoxy) is 2. The molecule has 0 spiro atoms. The highest BCUT2D eigenvalue weighted by Crippen LogP contribution is 2.19. The molecule has 20 heavy (non-hydrogen) atoms. The monoisotopic (exact) mass is 276 g/mol. The maximum absolute atomic E-state index is 8.81. The van der Waals surface area contributed by atoms with E-state index in [9.17, 15) is 0 Å². The minimum atomic E-state index is -0.143. The number of aliphatic hydroxyl groups is 1. The molecule has 3 nitrogen and oxygen atoms in total. The van der Waals surface area contributed by atoms with Gasteiger partial charge in [0, 0.05) is 5.56 Å². The third-order valence-electron chi connectivity index (χ3n) is 2.94. The molecular formula is C17H24O3. The van der Waals surface area contributed by atoms with Crippen LogP contribution in [0.15, 0.2) is 18.2 Å². The second kappa shape index (κ2) is 8.63. The van der Waals surface area contributed by atoms with Crippen molar-refractivity contribution >= 4 is 0 Å². The van der Waals surface area contributed by atoms with E-state index in [2.05, 4.69) is 32.6 Å². The average Bonchev–Trinajstić information content (AvgIpc) is 2.42. The SMILES string of the molecule is COc1ccc(C#CCO)c(COC(C)CC(C)C)c1. The summed E-state index contributed by atoms with van der Waals surface area (Å²) in [5.74, 6) is 7.02. The lowest BCUT2D eigenvalue weighted by atomic mass is 10.1. The third-order valence-corrected chi connectivity index (χ3v) is 2.94. The third kappa shape index (κ3) is 5.64. The number of hydrogen-bond acceptors (Lipinski definition) is 3. The van der Waals surface area contributed by atoms with Crippen molar-refractivity contribution in [2.45, 2.75) is 39.9 Å². The lowest BCUT2D eigenvalue weighted by molar-refractivity contribution is 0.0395. The Balaban J connectivity index is 2.79. The van der Waals surface area contributed by atoms with Gasteiger partial charge < -0.3 is 14.6 Å². The lowest BCUT2D eigenvalue weighted by Crippen LogP contribution is -2.11. The predicted octanol–water partition coefficient (Wildman–Crippen LogP) is 2.99. The van der Waals surface area contributed by atoms with E-state index in [-0.39, 0.29) is 12.7 Å². The van der Waals surface area contributed by atoms with Crippen molar-refractivity contribution in [2.24, 2.45) is 5.92 Å². The molecule has 0 bridgehead atoms. The normalized spacial score (nSPS) is 11.9. The van der Waals surface area contributed by atoms with Crippen LogP contribution in [-0.4, -0.2) is 24.9 Å². The Morgan fingerprint density at radius 2 is 2.00 bits per heavy atom. The van der Waals surface area contributed by atoms with Crippen LogP contribution in [-0.2, 0) is 11.3 Å². The summed E-state index contributed by atoms with van der Waals surface area (Å²) in [4.78, 5) is 0. The van der Waals surface area contributed by atoms with Crippen LogP contribution in [0.4, 0.5) is 0 Å². The van der Waals surface area contributed by atoms with Gasteiger partial charge in [-0.2, -0.15) is 0 Å². The van der Waals surface area contributed by atoms with Gasteiger partial charge in [-0.25, -0.2) is 0 Å². The molecule has 0 aromatic heterocycles. The van der Waals surface area contributed by atoms with Crippen molar-refractivity contribution in [3.63, 3.8) is 0 Å². The van der Waals surface area contributed by atoms with E-state index in [1.807, 2.05) is 18.2 Å². The predicted molar refractivity (Wildman–Crippen MR) is 80.7 cm³/mol. The smallest absolute Gasteiger partial charge is 0.119 e. The fraction of sp³-hybridized carbons (Fsp3) is 0.529. The highest BCUT2D eigenvalue weighted by atomic mass is 16.5. The summed E-state index contributed by atoms with van der Waals surface area (Å²) in [6, 6.07) is 5.69. The van der Waals surface area contributed by atoms with Crippen LogP contribution < -0.4 is 4.74 Å². The highest BCUT2D eigenvalue weighted by molar-refractivity contribution is 5.45. The highest BCUT2D eigenvalue weighted by Gasteiger charge is 2.08. The van der Waals surface area contributed by atoms with Gasteiger partial charge >= 0.3 is 0 Å². The fourth-order valence-electron chi connectivity index (χ4n) is 2.04. The van der Waals surface area contributed by atoms with Crippen LogP contribution in [0.5, 0.6) is 5.75 Å². The van der Waals surface area contributed by atoms with E-state index in [1.54, 1.807) is 7.11 Å². The number of methoxy groups -OCH3 is 1. The fourth-order valence-corrected chi connectivity index (χ4v) is 2.04. The van der Waals surface area contributed by atoms with E-state index in [1.165, 1.54) is 0 Å². The molecule has 1 aromatic rings. The summed E-state index contributed by atoms with van der Waals surface area (Å²) in [6.07, 6.45) is 1.24. The summed E-state index contributed by atoms with van der Waals surface area (Å²) >= 11 is 0. The first kappa shape index (κ1) is 16.6. The molecular weight excluding hydrogens is 252 g/mol. The molecule has 0 radical (unpaired) electrons. The van der Waals surface area contributed by atoms with Gasteiger partial charge in [-0.05, 0) is 43.0 Å². The molecule has 0 saturated heterocycles. The molecule has 1 rings (SSSR count). The van der Waals surface area contributed by atoms with Crippen LogP contribution >= 0.6 is 0 Å². The molecule has 110 valence electrons. The van der Waals surface area contributed by atoms with E-state index < -0.39 is 0 Å². The number of aliphatic hydroxyl groups excluding tert-OH is 1. The molecule has 0 aliphatic rings. The Labute approximate surface area is 121 Å². The van der Waals surface area contributed by atoms with E-state index in [4.69, 9.17) is 14.6 Å². The Kier molecular flexibility index (Phi) is 7.14. The molecule has 1 aromatic carbocycles. The lowest BCUT2D eigenvalue weighted by Gasteiger charge is -2.16. The summed E-state index contributed by atoms with van der Waals surface area (Å²) in [5, 5.41) is 8.81. The zero-order chi connectivity index (χ0) is 15.0. The Morgan fingerprint density at radius 1 is 1.25 bits per heavy atom. The van der Waals surface area contributed by atoms with Crippen LogP contribution in [0.3, 0.4) is 0 Å². The van der Waals surface area contributed by atoms with Crippen LogP contribution in [0.2, 0.25) is 0 Å². The van der Waals surface area contributed by atoms with Crippen molar-refractivity contribution in [3.05, 3.63) is 29.3 Å². The molecule has 0 amide bonds. The molecule has 0 fully saturated rings. The average molecular weight is 276 g/mol. The molecule has 1 atom stereocenters. The summed E-state index contributed by atoms with van der Waals surface area (Å²) < 4.78 is 11.1. The number of benzene rings is 1. The first-order valence-electron chi connectivity index (χ1n) is 6.95. The zero-order valence-corrected chi connectivity index (χ0v) is 12.8. The second-order valence-electron chi connectivity index (χ2n) is 5.23. The van der Waals surface area contributed by atoms with Gasteiger partial charge in [0.25, 0.3) is 0 Å². The van der Waals surface area contributed by atoms with Crippen LogP contribution in [0.25, 0.3) is 0 Å². The molecule has 0 aliphatic carbocycles. The van der Waals surface area contributed by atoms with Gasteiger partial charge in [-0.3, -0.25) is 0 Å². The topological polar surface area (TPSA) is 38.7 Å². The number of rotatable bonds is 6. The summed E-state index contributed by atoms with van der Waals surface area (Å²) in [6.45, 7) is 6.81. The zero-order valence-electron chi connectivity index (χ0n) is 12.8. The number of hydrogen-bond donors (Lipinski definition) is 1. The summed E-state index contributed by atoms with van der Waals surface area (Å²) in [5.41, 5.74) is 1.86. The second-order valence-corrected chi connectivity index (χ2v) is 5.23. The van der Waals surface area contributed by atoms with Gasteiger partial charge in [0.05, 0.1) is 19.8 Å². The Bertz CT molecular complexity index is 469. The molecule has 0 heterocycles. The molecule has 1 N–H and O–H groups in total. The standard InChI is InChI=1S/C17H24O3/c1-13(2)10-14(3)20-12-16-11-17(19-4)8-7-15(16)6-5-9-18/h7-8,11,13-14,18H,9-10,12H2,1-4H3. The molecule has 3 heteroatoms. The molecule has 0 saturated carbocycles. The minimum Gasteiger partial charge on any atom is -0.497 e. The van der Waals surface area contributed by atoms with Crippen molar-refractivity contribution in [1.29, 1.82) is 0 Å². The summed E-state index contributed by atoms with van der Waals surface area (Å²) in [7, 11) is 1.64. The largest absolute Gasteiger partial charge is 0.497 e.